The Morgan fingerprint density at radius 1 is 1.22 bits per heavy atom. The van der Waals surface area contributed by atoms with Gasteiger partial charge in [0.15, 0.2) is 0 Å². The van der Waals surface area contributed by atoms with Gasteiger partial charge < -0.3 is 9.31 Å². The molecular formula is C12H14BClN2O2. The molecule has 0 spiro atoms. The first-order valence-electron chi connectivity index (χ1n) is 5.68. The Labute approximate surface area is 112 Å². The van der Waals surface area contributed by atoms with Crippen LogP contribution < -0.4 is 5.59 Å². The van der Waals surface area contributed by atoms with Gasteiger partial charge in [-0.15, -0.1) is 0 Å². The predicted octanol–water partition coefficient (Wildman–Crippen LogP) is 1.91. The molecule has 1 aromatic heterocycles. The Bertz CT molecular complexity index is 509. The highest BCUT2D eigenvalue weighted by atomic mass is 35.5. The van der Waals surface area contributed by atoms with Gasteiger partial charge in [0.1, 0.15) is 11.8 Å². The van der Waals surface area contributed by atoms with E-state index >= 15 is 0 Å². The summed E-state index contributed by atoms with van der Waals surface area (Å²) in [6.07, 6.45) is 0. The topological polar surface area (TPSA) is 55.1 Å². The zero-order valence-electron chi connectivity index (χ0n) is 10.8. The monoisotopic (exact) mass is 264 g/mol. The first-order valence-corrected chi connectivity index (χ1v) is 6.06. The van der Waals surface area contributed by atoms with Crippen LogP contribution in [0.1, 0.15) is 33.4 Å². The van der Waals surface area contributed by atoms with Crippen LogP contribution in [0.4, 0.5) is 0 Å². The third-order valence-electron chi connectivity index (χ3n) is 3.42. The third-order valence-corrected chi connectivity index (χ3v) is 3.64. The maximum Gasteiger partial charge on any atom is 0.514 e. The minimum atomic E-state index is -0.596. The molecule has 0 saturated carbocycles. The Hall–Kier alpha value is -1.09. The summed E-state index contributed by atoms with van der Waals surface area (Å²) in [5.74, 6) is 0. The van der Waals surface area contributed by atoms with Gasteiger partial charge in [-0.1, -0.05) is 11.6 Å². The molecule has 1 aromatic rings. The summed E-state index contributed by atoms with van der Waals surface area (Å²) in [5.41, 5.74) is -0.0898. The van der Waals surface area contributed by atoms with E-state index in [9.17, 15) is 0 Å². The van der Waals surface area contributed by atoms with Gasteiger partial charge >= 0.3 is 7.12 Å². The molecule has 0 bridgehead atoms. The molecule has 4 nitrogen and oxygen atoms in total. The molecule has 0 aliphatic carbocycles. The van der Waals surface area contributed by atoms with Gasteiger partial charge in [0.05, 0.1) is 16.8 Å². The minimum Gasteiger partial charge on any atom is -0.398 e. The zero-order valence-corrected chi connectivity index (χ0v) is 11.6. The molecule has 1 aliphatic rings. The highest BCUT2D eigenvalue weighted by Crippen LogP contribution is 2.36. The van der Waals surface area contributed by atoms with Crippen LogP contribution in [0.15, 0.2) is 12.1 Å². The van der Waals surface area contributed by atoms with Crippen LogP contribution in [0.25, 0.3) is 0 Å². The summed E-state index contributed by atoms with van der Waals surface area (Å²) in [7, 11) is -0.596. The number of halogens is 1. The lowest BCUT2D eigenvalue weighted by atomic mass is 9.84. The molecule has 2 heterocycles. The molecule has 18 heavy (non-hydrogen) atoms. The van der Waals surface area contributed by atoms with E-state index in [1.165, 1.54) is 6.07 Å². The summed E-state index contributed by atoms with van der Waals surface area (Å²) in [6, 6.07) is 5.13. The number of nitrogens with zero attached hydrogens (tertiary/aromatic N) is 2. The highest BCUT2D eigenvalue weighted by Gasteiger charge is 2.52. The summed E-state index contributed by atoms with van der Waals surface area (Å²) in [5, 5.41) is 9.33. The van der Waals surface area contributed by atoms with E-state index in [2.05, 4.69) is 4.98 Å². The van der Waals surface area contributed by atoms with Crippen molar-refractivity contribution in [2.24, 2.45) is 0 Å². The molecule has 0 atom stereocenters. The van der Waals surface area contributed by atoms with Crippen molar-refractivity contribution in [2.45, 2.75) is 38.9 Å². The van der Waals surface area contributed by atoms with Gasteiger partial charge in [0.2, 0.25) is 0 Å². The Morgan fingerprint density at radius 3 is 2.28 bits per heavy atom. The van der Waals surface area contributed by atoms with E-state index < -0.39 is 18.3 Å². The van der Waals surface area contributed by atoms with Crippen molar-refractivity contribution in [3.8, 4) is 6.07 Å². The number of pyridine rings is 1. The van der Waals surface area contributed by atoms with Gasteiger partial charge in [0, 0.05) is 5.02 Å². The van der Waals surface area contributed by atoms with Crippen molar-refractivity contribution in [1.82, 2.24) is 4.98 Å². The van der Waals surface area contributed by atoms with E-state index in [4.69, 9.17) is 26.2 Å². The van der Waals surface area contributed by atoms with E-state index in [1.807, 2.05) is 33.8 Å². The van der Waals surface area contributed by atoms with Crippen LogP contribution in [-0.2, 0) is 9.31 Å². The molecule has 0 unspecified atom stereocenters. The second-order valence-electron chi connectivity index (χ2n) is 5.30. The molecule has 0 aromatic carbocycles. The molecule has 1 saturated heterocycles. The molecule has 1 aliphatic heterocycles. The van der Waals surface area contributed by atoms with Crippen LogP contribution in [0.3, 0.4) is 0 Å². The fraction of sp³-hybridized carbons (Fsp3) is 0.500. The van der Waals surface area contributed by atoms with Crippen LogP contribution >= 0.6 is 11.6 Å². The number of hydrogen-bond donors (Lipinski definition) is 0. The molecule has 0 radical (unpaired) electrons. The average Bonchev–Trinajstić information content (AvgIpc) is 2.47. The molecule has 94 valence electrons. The van der Waals surface area contributed by atoms with Crippen molar-refractivity contribution < 1.29 is 9.31 Å². The molecule has 1 fully saturated rings. The first kappa shape index (κ1) is 13.3. The summed E-state index contributed by atoms with van der Waals surface area (Å²) >= 11 is 5.95. The van der Waals surface area contributed by atoms with Crippen LogP contribution in [-0.4, -0.2) is 23.3 Å². The van der Waals surface area contributed by atoms with Crippen molar-refractivity contribution in [2.75, 3.05) is 0 Å². The number of rotatable bonds is 1. The molecule has 2 rings (SSSR count). The SMILES string of the molecule is CC1(C)OB(c2cc(Cl)cc(C#N)n2)OC1(C)C. The highest BCUT2D eigenvalue weighted by molar-refractivity contribution is 6.61. The van der Waals surface area contributed by atoms with Crippen molar-refractivity contribution in [3.05, 3.63) is 22.8 Å². The van der Waals surface area contributed by atoms with Gasteiger partial charge in [0.25, 0.3) is 0 Å². The second kappa shape index (κ2) is 4.23. The Balaban J connectivity index is 2.36. The van der Waals surface area contributed by atoms with Gasteiger partial charge in [-0.3, -0.25) is 0 Å². The van der Waals surface area contributed by atoms with Crippen molar-refractivity contribution in [3.63, 3.8) is 0 Å². The van der Waals surface area contributed by atoms with Crippen LogP contribution in [0.2, 0.25) is 5.02 Å². The largest absolute Gasteiger partial charge is 0.514 e. The Kier molecular flexibility index (Phi) is 3.14. The minimum absolute atomic E-state index is 0.257. The van der Waals surface area contributed by atoms with E-state index in [1.54, 1.807) is 6.07 Å². The smallest absolute Gasteiger partial charge is 0.398 e. The van der Waals surface area contributed by atoms with E-state index in [0.29, 0.717) is 10.6 Å². The molecule has 0 N–H and O–H groups in total. The fourth-order valence-corrected chi connectivity index (χ4v) is 1.87. The first-order chi connectivity index (χ1) is 8.25. The maximum absolute atomic E-state index is 8.88. The quantitative estimate of drug-likeness (QED) is 0.727. The third kappa shape index (κ3) is 2.24. The zero-order chi connectivity index (χ0) is 13.6. The maximum atomic E-state index is 8.88. The van der Waals surface area contributed by atoms with Crippen LogP contribution in [0.5, 0.6) is 0 Å². The van der Waals surface area contributed by atoms with E-state index in [-0.39, 0.29) is 5.69 Å². The lowest BCUT2D eigenvalue weighted by Gasteiger charge is -2.32. The summed E-state index contributed by atoms with van der Waals surface area (Å²) < 4.78 is 11.7. The molecular weight excluding hydrogens is 250 g/mol. The summed E-state index contributed by atoms with van der Waals surface area (Å²) in [6.45, 7) is 7.84. The molecule has 6 heteroatoms. The van der Waals surface area contributed by atoms with Gasteiger partial charge in [-0.05, 0) is 39.8 Å². The van der Waals surface area contributed by atoms with Crippen molar-refractivity contribution >= 4 is 24.3 Å². The van der Waals surface area contributed by atoms with Crippen molar-refractivity contribution in [1.29, 1.82) is 5.26 Å². The predicted molar refractivity (Wildman–Crippen MR) is 69.7 cm³/mol. The average molecular weight is 265 g/mol. The fourth-order valence-electron chi connectivity index (χ4n) is 1.66. The number of nitriles is 1. The molecule has 0 amide bonds. The standard InChI is InChI=1S/C12H14BClN2O2/c1-11(2)12(3,4)18-13(17-11)10-6-8(14)5-9(7-15)16-10/h5-6H,1-4H3. The summed E-state index contributed by atoms with van der Waals surface area (Å²) in [4.78, 5) is 4.17. The number of aromatic nitrogens is 1. The lowest BCUT2D eigenvalue weighted by Crippen LogP contribution is -2.41. The van der Waals surface area contributed by atoms with Gasteiger partial charge in [-0.2, -0.15) is 5.26 Å². The van der Waals surface area contributed by atoms with Gasteiger partial charge in [-0.25, -0.2) is 4.98 Å². The van der Waals surface area contributed by atoms with Crippen LogP contribution in [0, 0.1) is 11.3 Å². The second-order valence-corrected chi connectivity index (χ2v) is 5.73. The number of hydrogen-bond acceptors (Lipinski definition) is 4. The van der Waals surface area contributed by atoms with E-state index in [0.717, 1.165) is 0 Å². The Morgan fingerprint density at radius 2 is 1.78 bits per heavy atom. The lowest BCUT2D eigenvalue weighted by molar-refractivity contribution is 0.00578. The normalized spacial score (nSPS) is 20.8.